The van der Waals surface area contributed by atoms with E-state index in [0.29, 0.717) is 23.9 Å². The predicted octanol–water partition coefficient (Wildman–Crippen LogP) is 3.90. The minimum Gasteiger partial charge on any atom is -0.481 e. The van der Waals surface area contributed by atoms with Crippen LogP contribution in [0.3, 0.4) is 0 Å². The molecule has 1 aliphatic heterocycles. The maximum atomic E-state index is 13.5. The van der Waals surface area contributed by atoms with Gasteiger partial charge in [0.2, 0.25) is 0 Å². The van der Waals surface area contributed by atoms with Crippen LogP contribution in [0.1, 0.15) is 17.2 Å². The number of aryl methyl sites for hydroxylation is 1. The summed E-state index contributed by atoms with van der Waals surface area (Å²) in [6.07, 6.45) is -0.521. The van der Waals surface area contributed by atoms with Crippen LogP contribution in [0.4, 0.5) is 4.39 Å². The van der Waals surface area contributed by atoms with Crippen molar-refractivity contribution in [3.05, 3.63) is 64.4 Å². The molecule has 1 fully saturated rings. The fraction of sp³-hybridized carbons (Fsp3) is 0.333. The molecule has 1 aliphatic rings. The van der Waals surface area contributed by atoms with E-state index in [1.807, 2.05) is 25.1 Å². The Bertz CT molecular complexity index is 674. The van der Waals surface area contributed by atoms with E-state index in [-0.39, 0.29) is 18.0 Å². The normalized spacial score (nSPS) is 19.3. The fourth-order valence-electron chi connectivity index (χ4n) is 2.69. The Balaban J connectivity index is 1.92. The van der Waals surface area contributed by atoms with Crippen molar-refractivity contribution < 1.29 is 13.9 Å². The van der Waals surface area contributed by atoms with Gasteiger partial charge < -0.3 is 14.8 Å². The molecule has 2 aromatic rings. The molecule has 2 atom stereocenters. The monoisotopic (exact) mass is 335 g/mol. The van der Waals surface area contributed by atoms with Crippen LogP contribution in [0.15, 0.2) is 42.5 Å². The Labute approximate surface area is 140 Å². The second-order valence-corrected chi connectivity index (χ2v) is 6.05. The first kappa shape index (κ1) is 16.2. The van der Waals surface area contributed by atoms with Crippen molar-refractivity contribution in [2.24, 2.45) is 0 Å². The zero-order valence-corrected chi connectivity index (χ0v) is 13.6. The Kier molecular flexibility index (Phi) is 5.16. The molecule has 0 amide bonds. The Morgan fingerprint density at radius 1 is 1.30 bits per heavy atom. The first-order valence-corrected chi connectivity index (χ1v) is 8.02. The van der Waals surface area contributed by atoms with Crippen molar-refractivity contribution in [3.63, 3.8) is 0 Å². The lowest BCUT2D eigenvalue weighted by molar-refractivity contribution is -0.0433. The lowest BCUT2D eigenvalue weighted by Gasteiger charge is -2.32. The van der Waals surface area contributed by atoms with Gasteiger partial charge in [-0.3, -0.25) is 0 Å². The van der Waals surface area contributed by atoms with E-state index in [1.54, 1.807) is 0 Å². The molecular weight excluding hydrogens is 317 g/mol. The van der Waals surface area contributed by atoms with Crippen molar-refractivity contribution >= 4 is 11.6 Å². The molecule has 0 bridgehead atoms. The minimum atomic E-state index is -0.380. The number of rotatable bonds is 4. The zero-order chi connectivity index (χ0) is 16.2. The fourth-order valence-corrected chi connectivity index (χ4v) is 2.85. The number of ether oxygens (including phenoxy) is 2. The Hall–Kier alpha value is -1.62. The summed E-state index contributed by atoms with van der Waals surface area (Å²) in [7, 11) is 0. The van der Waals surface area contributed by atoms with Gasteiger partial charge in [0.25, 0.3) is 0 Å². The average molecular weight is 336 g/mol. The largest absolute Gasteiger partial charge is 0.481 e. The van der Waals surface area contributed by atoms with Gasteiger partial charge in [-0.1, -0.05) is 41.4 Å². The number of hydrogen-bond donors (Lipinski definition) is 1. The number of morpholine rings is 1. The molecule has 3 nitrogen and oxygen atoms in total. The van der Waals surface area contributed by atoms with E-state index in [9.17, 15) is 4.39 Å². The van der Waals surface area contributed by atoms with E-state index in [2.05, 4.69) is 11.4 Å². The van der Waals surface area contributed by atoms with Gasteiger partial charge in [-0.05, 0) is 24.6 Å². The van der Waals surface area contributed by atoms with Crippen molar-refractivity contribution in [2.75, 3.05) is 19.7 Å². The molecule has 0 aliphatic carbocycles. The SMILES string of the molecule is Cc1cccc(C(Oc2cc(F)ccc2Cl)C2CNCCO2)c1. The number of nitrogens with one attached hydrogen (secondary N) is 1. The van der Waals surface area contributed by atoms with Crippen LogP contribution in [0.2, 0.25) is 5.02 Å². The van der Waals surface area contributed by atoms with E-state index in [1.165, 1.54) is 18.2 Å². The van der Waals surface area contributed by atoms with Crippen molar-refractivity contribution in [1.29, 1.82) is 0 Å². The van der Waals surface area contributed by atoms with Gasteiger partial charge in [0.1, 0.15) is 17.7 Å². The van der Waals surface area contributed by atoms with Gasteiger partial charge in [-0.15, -0.1) is 0 Å². The summed E-state index contributed by atoms with van der Waals surface area (Å²) in [6, 6.07) is 12.2. The van der Waals surface area contributed by atoms with Crippen LogP contribution in [0.25, 0.3) is 0 Å². The van der Waals surface area contributed by atoms with Gasteiger partial charge in [-0.2, -0.15) is 0 Å². The highest BCUT2D eigenvalue weighted by Crippen LogP contribution is 2.32. The number of halogens is 2. The van der Waals surface area contributed by atoms with Crippen LogP contribution < -0.4 is 10.1 Å². The summed E-state index contributed by atoms with van der Waals surface area (Å²) in [5, 5.41) is 3.68. The third-order valence-corrected chi connectivity index (χ3v) is 4.12. The zero-order valence-electron chi connectivity index (χ0n) is 12.9. The molecular formula is C18H19ClFNO2. The van der Waals surface area contributed by atoms with Gasteiger partial charge in [0.15, 0.2) is 6.10 Å². The molecule has 23 heavy (non-hydrogen) atoms. The highest BCUT2D eigenvalue weighted by molar-refractivity contribution is 6.32. The Morgan fingerprint density at radius 3 is 2.91 bits per heavy atom. The van der Waals surface area contributed by atoms with Crippen LogP contribution in [0.5, 0.6) is 5.75 Å². The number of hydrogen-bond acceptors (Lipinski definition) is 3. The summed E-state index contributed by atoms with van der Waals surface area (Å²) in [5.41, 5.74) is 2.12. The highest BCUT2D eigenvalue weighted by Gasteiger charge is 2.28. The van der Waals surface area contributed by atoms with E-state index in [4.69, 9.17) is 21.1 Å². The average Bonchev–Trinajstić information content (AvgIpc) is 2.56. The molecule has 2 aromatic carbocycles. The molecule has 2 unspecified atom stereocenters. The summed E-state index contributed by atoms with van der Waals surface area (Å²) >= 11 is 6.15. The maximum Gasteiger partial charge on any atom is 0.151 e. The predicted molar refractivity (Wildman–Crippen MR) is 88.6 cm³/mol. The molecule has 1 heterocycles. The second kappa shape index (κ2) is 7.30. The molecule has 0 radical (unpaired) electrons. The maximum absolute atomic E-state index is 13.5. The second-order valence-electron chi connectivity index (χ2n) is 5.64. The minimum absolute atomic E-state index is 0.162. The van der Waals surface area contributed by atoms with Gasteiger partial charge in [0.05, 0.1) is 11.6 Å². The molecule has 5 heteroatoms. The molecule has 1 saturated heterocycles. The van der Waals surface area contributed by atoms with Crippen molar-refractivity contribution in [2.45, 2.75) is 19.1 Å². The van der Waals surface area contributed by atoms with Crippen LogP contribution in [-0.2, 0) is 4.74 Å². The van der Waals surface area contributed by atoms with E-state index < -0.39 is 0 Å². The van der Waals surface area contributed by atoms with Gasteiger partial charge >= 0.3 is 0 Å². The quantitative estimate of drug-likeness (QED) is 0.919. The standard InChI is InChI=1S/C18H19ClFNO2/c1-12-3-2-4-13(9-12)18(17-11-21-7-8-22-17)23-16-10-14(20)5-6-15(16)19/h2-6,9-10,17-18,21H,7-8,11H2,1H3. The van der Waals surface area contributed by atoms with E-state index >= 15 is 0 Å². The van der Waals surface area contributed by atoms with Crippen molar-refractivity contribution in [1.82, 2.24) is 5.32 Å². The third-order valence-electron chi connectivity index (χ3n) is 3.81. The first-order valence-electron chi connectivity index (χ1n) is 7.64. The van der Waals surface area contributed by atoms with Crippen LogP contribution in [-0.4, -0.2) is 25.8 Å². The topological polar surface area (TPSA) is 30.5 Å². The van der Waals surface area contributed by atoms with Gasteiger partial charge in [0, 0.05) is 19.2 Å². The van der Waals surface area contributed by atoms with Crippen molar-refractivity contribution in [3.8, 4) is 5.75 Å². The Morgan fingerprint density at radius 2 is 2.17 bits per heavy atom. The summed E-state index contributed by atoms with van der Waals surface area (Å²) in [4.78, 5) is 0. The molecule has 0 spiro atoms. The molecule has 0 saturated carbocycles. The molecule has 0 aromatic heterocycles. The third kappa shape index (κ3) is 4.02. The van der Waals surface area contributed by atoms with Crippen LogP contribution >= 0.6 is 11.6 Å². The smallest absolute Gasteiger partial charge is 0.151 e. The summed E-state index contributed by atoms with van der Waals surface area (Å²) in [5.74, 6) is -0.0533. The lowest BCUT2D eigenvalue weighted by Crippen LogP contribution is -2.43. The van der Waals surface area contributed by atoms with E-state index in [0.717, 1.165) is 17.7 Å². The number of benzene rings is 2. The molecule has 1 N–H and O–H groups in total. The van der Waals surface area contributed by atoms with Gasteiger partial charge in [-0.25, -0.2) is 4.39 Å². The summed E-state index contributed by atoms with van der Waals surface area (Å²) < 4.78 is 25.4. The first-order chi connectivity index (χ1) is 11.1. The molecule has 122 valence electrons. The van der Waals surface area contributed by atoms with Crippen LogP contribution in [0, 0.1) is 12.7 Å². The molecule has 3 rings (SSSR count). The lowest BCUT2D eigenvalue weighted by atomic mass is 10.0. The summed E-state index contributed by atoms with van der Waals surface area (Å²) in [6.45, 7) is 4.13. The highest BCUT2D eigenvalue weighted by atomic mass is 35.5.